The molecule has 0 fully saturated rings. The van der Waals surface area contributed by atoms with Gasteiger partial charge in [0.25, 0.3) is 0 Å². The van der Waals surface area contributed by atoms with E-state index in [9.17, 15) is 0 Å². The standard InChI is InChI=1S/C40H25N3/c1-2-6-31(7-3-1)43-37-9-5-4-8-36(37)42-40(43)30-12-10-26(11-13-30)32-18-14-28-17-21-35-33(27-22-24-41-25-23-27)19-15-29-16-20-34(32)38(28)39(29)35/h1-25H. The van der Waals surface area contributed by atoms with Crippen LogP contribution < -0.4 is 0 Å². The third-order valence-corrected chi connectivity index (χ3v) is 8.69. The Balaban J connectivity index is 1.21. The Hall–Kier alpha value is -5.80. The van der Waals surface area contributed by atoms with E-state index >= 15 is 0 Å². The second-order valence-electron chi connectivity index (χ2n) is 11.1. The molecule has 0 bridgehead atoms. The van der Waals surface area contributed by atoms with Crippen LogP contribution in [0.3, 0.4) is 0 Å². The largest absolute Gasteiger partial charge is 0.292 e. The first-order chi connectivity index (χ1) is 21.3. The molecule has 3 nitrogen and oxygen atoms in total. The van der Waals surface area contributed by atoms with Crippen LogP contribution in [0.5, 0.6) is 0 Å². The Morgan fingerprint density at radius 2 is 1.00 bits per heavy atom. The van der Waals surface area contributed by atoms with Gasteiger partial charge in [0.15, 0.2) is 0 Å². The zero-order valence-corrected chi connectivity index (χ0v) is 23.3. The van der Waals surface area contributed by atoms with Gasteiger partial charge in [-0.25, -0.2) is 4.98 Å². The summed E-state index contributed by atoms with van der Waals surface area (Å²) in [5.74, 6) is 0.943. The van der Waals surface area contributed by atoms with Gasteiger partial charge in [0, 0.05) is 23.6 Å². The summed E-state index contributed by atoms with van der Waals surface area (Å²) in [4.78, 5) is 9.29. The van der Waals surface area contributed by atoms with Gasteiger partial charge in [0.05, 0.1) is 11.0 Å². The highest BCUT2D eigenvalue weighted by atomic mass is 15.1. The first-order valence-corrected chi connectivity index (χ1v) is 14.6. The lowest BCUT2D eigenvalue weighted by atomic mass is 9.87. The molecular weight excluding hydrogens is 522 g/mol. The number of nitrogens with zero attached hydrogens (tertiary/aromatic N) is 3. The molecule has 3 heteroatoms. The van der Waals surface area contributed by atoms with Gasteiger partial charge in [-0.2, -0.15) is 0 Å². The molecule has 0 saturated heterocycles. The van der Waals surface area contributed by atoms with Crippen LogP contribution in [0.1, 0.15) is 0 Å². The number of fused-ring (bicyclic) bond motifs is 1. The zero-order chi connectivity index (χ0) is 28.3. The van der Waals surface area contributed by atoms with Crippen molar-refractivity contribution < 1.29 is 0 Å². The van der Waals surface area contributed by atoms with Crippen LogP contribution in [0.2, 0.25) is 0 Å². The van der Waals surface area contributed by atoms with E-state index in [4.69, 9.17) is 4.98 Å². The highest BCUT2D eigenvalue weighted by Crippen LogP contribution is 2.42. The highest BCUT2D eigenvalue weighted by Gasteiger charge is 2.17. The average molecular weight is 548 g/mol. The fourth-order valence-electron chi connectivity index (χ4n) is 6.69. The SMILES string of the molecule is c1ccc(-n2c(-c3ccc(-c4ccc5ccc6c(-c7ccncc7)ccc7ccc4c5c76)cc3)nc3ccccc32)cc1. The molecule has 2 heterocycles. The van der Waals surface area contributed by atoms with Crippen LogP contribution in [0.25, 0.3) is 82.7 Å². The van der Waals surface area contributed by atoms with Gasteiger partial charge >= 0.3 is 0 Å². The number of para-hydroxylation sites is 3. The van der Waals surface area contributed by atoms with Crippen LogP contribution in [0.4, 0.5) is 0 Å². The topological polar surface area (TPSA) is 30.7 Å². The van der Waals surface area contributed by atoms with Crippen molar-refractivity contribution in [2.45, 2.75) is 0 Å². The number of pyridine rings is 1. The summed E-state index contributed by atoms with van der Waals surface area (Å²) in [7, 11) is 0. The van der Waals surface area contributed by atoms with Crippen molar-refractivity contribution in [1.82, 2.24) is 14.5 Å². The van der Waals surface area contributed by atoms with Gasteiger partial charge in [0.2, 0.25) is 0 Å². The number of benzene rings is 7. The van der Waals surface area contributed by atoms with Crippen molar-refractivity contribution in [3.63, 3.8) is 0 Å². The molecule has 9 rings (SSSR count). The molecule has 0 amide bonds. The van der Waals surface area contributed by atoms with E-state index < -0.39 is 0 Å². The summed E-state index contributed by atoms with van der Waals surface area (Å²) in [5, 5.41) is 7.70. The Bertz CT molecular complexity index is 2420. The van der Waals surface area contributed by atoms with Gasteiger partial charge < -0.3 is 0 Å². The number of imidazole rings is 1. The second kappa shape index (κ2) is 9.37. The number of hydrogen-bond acceptors (Lipinski definition) is 2. The summed E-state index contributed by atoms with van der Waals surface area (Å²) < 4.78 is 2.25. The van der Waals surface area contributed by atoms with Gasteiger partial charge in [-0.3, -0.25) is 9.55 Å². The molecule has 43 heavy (non-hydrogen) atoms. The molecule has 9 aromatic rings. The molecule has 0 unspecified atom stereocenters. The maximum atomic E-state index is 5.06. The zero-order valence-electron chi connectivity index (χ0n) is 23.3. The van der Waals surface area contributed by atoms with E-state index in [1.54, 1.807) is 0 Å². The summed E-state index contributed by atoms with van der Waals surface area (Å²) >= 11 is 0. The van der Waals surface area contributed by atoms with Crippen LogP contribution >= 0.6 is 0 Å². The first kappa shape index (κ1) is 23.9. The fraction of sp³-hybridized carbons (Fsp3) is 0. The molecule has 0 aliphatic rings. The average Bonchev–Trinajstić information content (AvgIpc) is 3.48. The number of aromatic nitrogens is 3. The molecule has 0 N–H and O–H groups in total. The second-order valence-corrected chi connectivity index (χ2v) is 11.1. The third-order valence-electron chi connectivity index (χ3n) is 8.69. The summed E-state index contributed by atoms with van der Waals surface area (Å²) in [6, 6.07) is 50.0. The quantitative estimate of drug-likeness (QED) is 0.205. The lowest BCUT2D eigenvalue weighted by Gasteiger charge is -2.16. The van der Waals surface area contributed by atoms with E-state index in [0.29, 0.717) is 0 Å². The van der Waals surface area contributed by atoms with Crippen molar-refractivity contribution in [2.75, 3.05) is 0 Å². The predicted molar refractivity (Wildman–Crippen MR) is 179 cm³/mol. The monoisotopic (exact) mass is 547 g/mol. The minimum Gasteiger partial charge on any atom is -0.292 e. The number of hydrogen-bond donors (Lipinski definition) is 0. The van der Waals surface area contributed by atoms with Gasteiger partial charge in [-0.15, -0.1) is 0 Å². The van der Waals surface area contributed by atoms with E-state index in [1.165, 1.54) is 54.6 Å². The van der Waals surface area contributed by atoms with E-state index in [1.807, 2.05) is 24.5 Å². The lowest BCUT2D eigenvalue weighted by molar-refractivity contribution is 1.10. The Morgan fingerprint density at radius 3 is 1.67 bits per heavy atom. The summed E-state index contributed by atoms with van der Waals surface area (Å²) in [6.07, 6.45) is 3.73. The van der Waals surface area contributed by atoms with Crippen molar-refractivity contribution >= 4 is 43.4 Å². The third kappa shape index (κ3) is 3.68. The Labute approximate surface area is 248 Å². The van der Waals surface area contributed by atoms with Crippen molar-refractivity contribution in [3.05, 3.63) is 152 Å². The predicted octanol–water partition coefficient (Wildman–Crippen LogP) is 10.3. The van der Waals surface area contributed by atoms with Crippen molar-refractivity contribution in [1.29, 1.82) is 0 Å². The van der Waals surface area contributed by atoms with Gasteiger partial charge in [0.1, 0.15) is 5.82 Å². The number of rotatable bonds is 4. The molecule has 0 radical (unpaired) electrons. The van der Waals surface area contributed by atoms with Crippen molar-refractivity contribution in [2.24, 2.45) is 0 Å². The summed E-state index contributed by atoms with van der Waals surface area (Å²) in [6.45, 7) is 0. The van der Waals surface area contributed by atoms with Crippen LogP contribution in [0, 0.1) is 0 Å². The normalized spacial score (nSPS) is 11.7. The first-order valence-electron chi connectivity index (χ1n) is 14.6. The Kier molecular flexibility index (Phi) is 5.20. The van der Waals surface area contributed by atoms with Crippen molar-refractivity contribution in [3.8, 4) is 39.3 Å². The van der Waals surface area contributed by atoms with Crippen LogP contribution in [0.15, 0.2) is 152 Å². The molecule has 7 aromatic carbocycles. The lowest BCUT2D eigenvalue weighted by Crippen LogP contribution is -1.97. The smallest absolute Gasteiger partial charge is 0.145 e. The van der Waals surface area contributed by atoms with Gasteiger partial charge in [-0.1, -0.05) is 103 Å². The van der Waals surface area contributed by atoms with E-state index in [2.05, 4.69) is 137 Å². The van der Waals surface area contributed by atoms with Gasteiger partial charge in [-0.05, 0) is 91.0 Å². The molecule has 0 aliphatic heterocycles. The van der Waals surface area contributed by atoms with E-state index in [-0.39, 0.29) is 0 Å². The minimum absolute atomic E-state index is 0.943. The molecule has 200 valence electrons. The summed E-state index contributed by atoms with van der Waals surface area (Å²) in [5.41, 5.74) is 9.13. The van der Waals surface area contributed by atoms with Crippen LogP contribution in [-0.2, 0) is 0 Å². The molecule has 0 aliphatic carbocycles. The van der Waals surface area contributed by atoms with Crippen LogP contribution in [-0.4, -0.2) is 14.5 Å². The Morgan fingerprint density at radius 1 is 0.442 bits per heavy atom. The minimum atomic E-state index is 0.943. The molecule has 0 atom stereocenters. The maximum Gasteiger partial charge on any atom is 0.145 e. The van der Waals surface area contributed by atoms with E-state index in [0.717, 1.165) is 28.1 Å². The highest BCUT2D eigenvalue weighted by molar-refractivity contribution is 6.27. The molecule has 2 aromatic heterocycles. The fourth-order valence-corrected chi connectivity index (χ4v) is 6.69. The molecule has 0 spiro atoms. The molecule has 0 saturated carbocycles. The molecular formula is C40H25N3. The maximum absolute atomic E-state index is 5.06.